The van der Waals surface area contributed by atoms with Gasteiger partial charge in [-0.05, 0) is 112 Å². The van der Waals surface area contributed by atoms with E-state index < -0.39 is 11.6 Å². The van der Waals surface area contributed by atoms with E-state index in [9.17, 15) is 8.78 Å². The molecule has 3 fully saturated rings. The zero-order valence-electron chi connectivity index (χ0n) is 21.1. The van der Waals surface area contributed by atoms with Crippen molar-refractivity contribution in [2.75, 3.05) is 13.2 Å². The van der Waals surface area contributed by atoms with Crippen LogP contribution >= 0.6 is 0 Å². The third-order valence-corrected chi connectivity index (χ3v) is 9.21. The van der Waals surface area contributed by atoms with Crippen molar-refractivity contribution in [2.24, 2.45) is 35.5 Å². The summed E-state index contributed by atoms with van der Waals surface area (Å²) in [6.45, 7) is 7.10. The van der Waals surface area contributed by atoms with Crippen LogP contribution in [0.1, 0.15) is 90.4 Å². The van der Waals surface area contributed by atoms with Crippen LogP contribution in [0.4, 0.5) is 8.78 Å². The van der Waals surface area contributed by atoms with Gasteiger partial charge >= 0.3 is 0 Å². The second-order valence-corrected chi connectivity index (χ2v) is 11.3. The largest absolute Gasteiger partial charge is 0.490 e. The van der Waals surface area contributed by atoms with E-state index in [1.807, 2.05) is 6.08 Å². The number of hydrogen-bond donors (Lipinski definition) is 0. The van der Waals surface area contributed by atoms with E-state index in [-0.39, 0.29) is 11.5 Å². The Bertz CT molecular complexity index is 770. The van der Waals surface area contributed by atoms with Gasteiger partial charge in [0.2, 0.25) is 11.6 Å². The Morgan fingerprint density at radius 3 is 1.53 bits per heavy atom. The van der Waals surface area contributed by atoms with Crippen LogP contribution in [0, 0.1) is 47.1 Å². The molecule has 0 N–H and O–H groups in total. The van der Waals surface area contributed by atoms with E-state index in [1.54, 1.807) is 0 Å². The van der Waals surface area contributed by atoms with Gasteiger partial charge in [0, 0.05) is 0 Å². The summed E-state index contributed by atoms with van der Waals surface area (Å²) in [5.74, 6) is 2.28. The maximum Gasteiger partial charge on any atom is 0.204 e. The SMILES string of the molecule is C=CC1CCC(COc2ccc(OCC3CCC(C4CCC(CC)CC4)CC3)c(F)c2F)CC1. The second kappa shape index (κ2) is 12.4. The van der Waals surface area contributed by atoms with E-state index in [2.05, 4.69) is 13.5 Å². The average molecular weight is 475 g/mol. The highest BCUT2D eigenvalue weighted by atomic mass is 19.2. The van der Waals surface area contributed by atoms with Crippen LogP contribution in [0.2, 0.25) is 0 Å². The molecule has 34 heavy (non-hydrogen) atoms. The maximum absolute atomic E-state index is 14.7. The molecule has 0 radical (unpaired) electrons. The third kappa shape index (κ3) is 6.55. The van der Waals surface area contributed by atoms with Gasteiger partial charge in [-0.25, -0.2) is 0 Å². The molecule has 190 valence electrons. The first-order valence-corrected chi connectivity index (χ1v) is 13.9. The molecule has 3 aliphatic rings. The molecule has 3 aliphatic carbocycles. The van der Waals surface area contributed by atoms with Crippen LogP contribution in [-0.2, 0) is 0 Å². The first kappa shape index (κ1) is 25.5. The monoisotopic (exact) mass is 474 g/mol. The Labute approximate surface area is 205 Å². The fourth-order valence-electron chi connectivity index (χ4n) is 6.64. The predicted octanol–water partition coefficient (Wildman–Crippen LogP) is 8.74. The molecule has 0 atom stereocenters. The van der Waals surface area contributed by atoms with Crippen LogP contribution in [-0.4, -0.2) is 13.2 Å². The Balaban J connectivity index is 1.19. The molecule has 0 aromatic heterocycles. The fraction of sp³-hybridized carbons (Fsp3) is 0.733. The van der Waals surface area contributed by atoms with Gasteiger partial charge in [-0.3, -0.25) is 0 Å². The van der Waals surface area contributed by atoms with Crippen molar-refractivity contribution >= 4 is 0 Å². The van der Waals surface area contributed by atoms with Gasteiger partial charge < -0.3 is 9.47 Å². The highest BCUT2D eigenvalue weighted by Gasteiger charge is 2.31. The molecule has 0 amide bonds. The Morgan fingerprint density at radius 2 is 1.12 bits per heavy atom. The topological polar surface area (TPSA) is 18.5 Å². The molecule has 1 aromatic carbocycles. The van der Waals surface area contributed by atoms with Gasteiger partial charge in [-0.15, -0.1) is 6.58 Å². The molecule has 0 heterocycles. The number of hydrogen-bond acceptors (Lipinski definition) is 2. The van der Waals surface area contributed by atoms with Crippen molar-refractivity contribution in [3.8, 4) is 11.5 Å². The summed E-state index contributed by atoms with van der Waals surface area (Å²) in [5.41, 5.74) is 0. The van der Waals surface area contributed by atoms with Crippen LogP contribution in [0.15, 0.2) is 24.8 Å². The molecule has 4 heteroatoms. The summed E-state index contributed by atoms with van der Waals surface area (Å²) < 4.78 is 40.7. The van der Waals surface area contributed by atoms with Crippen molar-refractivity contribution in [1.82, 2.24) is 0 Å². The normalized spacial score (nSPS) is 32.2. The lowest BCUT2D eigenvalue weighted by atomic mass is 9.69. The molecule has 4 rings (SSSR count). The standard InChI is InChI=1S/C30H44F2O2/c1-3-21-5-7-23(8-6-21)19-33-27-17-18-28(30(32)29(27)31)34-20-24-11-15-26(16-12-24)25-13-9-22(4-2)10-14-25/h3,17-18,21-26H,1,4-16,19-20H2,2H3. The molecule has 2 nitrogen and oxygen atoms in total. The summed E-state index contributed by atoms with van der Waals surface area (Å²) in [6.07, 6.45) is 18.1. The number of ether oxygens (including phenoxy) is 2. The Kier molecular flexibility index (Phi) is 9.31. The van der Waals surface area contributed by atoms with Gasteiger partial charge in [0.05, 0.1) is 13.2 Å². The van der Waals surface area contributed by atoms with Crippen molar-refractivity contribution in [1.29, 1.82) is 0 Å². The number of benzene rings is 1. The van der Waals surface area contributed by atoms with E-state index in [0.29, 0.717) is 31.0 Å². The highest BCUT2D eigenvalue weighted by molar-refractivity contribution is 5.35. The van der Waals surface area contributed by atoms with Crippen molar-refractivity contribution in [3.63, 3.8) is 0 Å². The van der Waals surface area contributed by atoms with Gasteiger partial charge in [-0.2, -0.15) is 8.78 Å². The molecule has 0 spiro atoms. The van der Waals surface area contributed by atoms with Crippen LogP contribution in [0.25, 0.3) is 0 Å². The molecular weight excluding hydrogens is 430 g/mol. The van der Waals surface area contributed by atoms with Crippen LogP contribution in [0.5, 0.6) is 11.5 Å². The van der Waals surface area contributed by atoms with Crippen molar-refractivity contribution < 1.29 is 18.3 Å². The maximum atomic E-state index is 14.7. The lowest BCUT2D eigenvalue weighted by Crippen LogP contribution is -2.27. The molecular formula is C30H44F2O2. The van der Waals surface area contributed by atoms with E-state index >= 15 is 0 Å². The molecule has 3 saturated carbocycles. The Morgan fingerprint density at radius 1 is 0.706 bits per heavy atom. The van der Waals surface area contributed by atoms with Gasteiger partial charge in [0.15, 0.2) is 11.5 Å². The second-order valence-electron chi connectivity index (χ2n) is 11.3. The lowest BCUT2D eigenvalue weighted by molar-refractivity contribution is 0.121. The summed E-state index contributed by atoms with van der Waals surface area (Å²) in [4.78, 5) is 0. The smallest absolute Gasteiger partial charge is 0.204 e. The zero-order chi connectivity index (χ0) is 23.9. The summed E-state index contributed by atoms with van der Waals surface area (Å²) in [5, 5.41) is 0. The van der Waals surface area contributed by atoms with Gasteiger partial charge in [0.1, 0.15) is 0 Å². The average Bonchev–Trinajstić information content (AvgIpc) is 2.89. The summed E-state index contributed by atoms with van der Waals surface area (Å²) in [7, 11) is 0. The highest BCUT2D eigenvalue weighted by Crippen LogP contribution is 2.42. The molecule has 0 aliphatic heterocycles. The van der Waals surface area contributed by atoms with Crippen molar-refractivity contribution in [3.05, 3.63) is 36.4 Å². The number of allylic oxidation sites excluding steroid dienone is 1. The zero-order valence-corrected chi connectivity index (χ0v) is 21.1. The third-order valence-electron chi connectivity index (χ3n) is 9.21. The van der Waals surface area contributed by atoms with E-state index in [4.69, 9.17) is 9.47 Å². The molecule has 1 aromatic rings. The molecule has 0 unspecified atom stereocenters. The lowest BCUT2D eigenvalue weighted by Gasteiger charge is -2.37. The first-order chi connectivity index (χ1) is 16.6. The van der Waals surface area contributed by atoms with Gasteiger partial charge in [-0.1, -0.05) is 32.3 Å². The molecule has 0 bridgehead atoms. The predicted molar refractivity (Wildman–Crippen MR) is 134 cm³/mol. The number of halogens is 2. The fourth-order valence-corrected chi connectivity index (χ4v) is 6.64. The number of rotatable bonds is 9. The first-order valence-electron chi connectivity index (χ1n) is 13.9. The quantitative estimate of drug-likeness (QED) is 0.333. The van der Waals surface area contributed by atoms with Crippen molar-refractivity contribution in [2.45, 2.75) is 90.4 Å². The molecule has 0 saturated heterocycles. The van der Waals surface area contributed by atoms with Crippen LogP contribution < -0.4 is 9.47 Å². The Hall–Kier alpha value is -1.58. The minimum atomic E-state index is -0.927. The van der Waals surface area contributed by atoms with Gasteiger partial charge in [0.25, 0.3) is 0 Å². The summed E-state index contributed by atoms with van der Waals surface area (Å²) in [6, 6.07) is 3.05. The van der Waals surface area contributed by atoms with Crippen LogP contribution in [0.3, 0.4) is 0 Å². The summed E-state index contributed by atoms with van der Waals surface area (Å²) >= 11 is 0. The van der Waals surface area contributed by atoms with E-state index in [1.165, 1.54) is 57.1 Å². The minimum Gasteiger partial charge on any atom is -0.490 e. The van der Waals surface area contributed by atoms with E-state index in [0.717, 1.165) is 56.3 Å². The minimum absolute atomic E-state index is 0.00556.